The fraction of sp³-hybridized carbons (Fsp3) is 0.200. The highest BCUT2D eigenvalue weighted by Gasteiger charge is 2.05. The van der Waals surface area contributed by atoms with E-state index in [2.05, 4.69) is 9.97 Å². The molecule has 0 atom stereocenters. The van der Waals surface area contributed by atoms with Crippen molar-refractivity contribution < 1.29 is 19.7 Å². The van der Waals surface area contributed by atoms with Gasteiger partial charge in [-0.3, -0.25) is 4.98 Å². The van der Waals surface area contributed by atoms with Crippen LogP contribution in [0.4, 0.5) is 0 Å². The van der Waals surface area contributed by atoms with Crippen LogP contribution in [0, 0.1) is 0 Å². The summed E-state index contributed by atoms with van der Waals surface area (Å²) >= 11 is 0. The molecule has 2 N–H and O–H groups in total. The molecule has 0 saturated heterocycles. The highest BCUT2D eigenvalue weighted by Crippen LogP contribution is 2.24. The van der Waals surface area contributed by atoms with Gasteiger partial charge in [0.05, 0.1) is 37.0 Å². The van der Waals surface area contributed by atoms with Crippen molar-refractivity contribution in [1.82, 2.24) is 9.97 Å². The molecule has 0 aliphatic heterocycles. The van der Waals surface area contributed by atoms with E-state index in [1.807, 2.05) is 48.5 Å². The molecule has 0 spiro atoms. The van der Waals surface area contributed by atoms with Gasteiger partial charge >= 0.3 is 0 Å². The van der Waals surface area contributed by atoms with Crippen LogP contribution in [-0.2, 0) is 0 Å². The molecular weight excluding hydrogens is 332 g/mol. The van der Waals surface area contributed by atoms with Crippen LogP contribution in [0.15, 0.2) is 60.9 Å². The maximum atomic E-state index is 8.80. The van der Waals surface area contributed by atoms with Gasteiger partial charge in [-0.2, -0.15) is 0 Å². The Balaban J connectivity index is 1.77. The minimum Gasteiger partial charge on any atom is -0.491 e. The van der Waals surface area contributed by atoms with Crippen LogP contribution in [0.1, 0.15) is 0 Å². The Bertz CT molecular complexity index is 753. The van der Waals surface area contributed by atoms with Crippen LogP contribution in [-0.4, -0.2) is 46.6 Å². The molecule has 0 bridgehead atoms. The molecule has 2 aromatic carbocycles. The van der Waals surface area contributed by atoms with Crippen molar-refractivity contribution in [3.8, 4) is 34.0 Å². The van der Waals surface area contributed by atoms with E-state index in [-0.39, 0.29) is 26.4 Å². The van der Waals surface area contributed by atoms with Gasteiger partial charge in [0.25, 0.3) is 0 Å². The minimum absolute atomic E-state index is 0.0148. The highest BCUT2D eigenvalue weighted by atomic mass is 16.5. The van der Waals surface area contributed by atoms with Crippen LogP contribution in [0.5, 0.6) is 11.5 Å². The standard InChI is InChI=1S/C20H20N2O4/c23-9-11-25-17-5-1-15(2-6-17)19-13-21-14-20(22-19)16-3-7-18(8-4-16)26-12-10-24/h1-8,13-14,23-24H,9-12H2. The van der Waals surface area contributed by atoms with Crippen molar-refractivity contribution in [2.75, 3.05) is 26.4 Å². The van der Waals surface area contributed by atoms with Crippen LogP contribution < -0.4 is 9.47 Å². The second kappa shape index (κ2) is 8.94. The number of ether oxygens (including phenoxy) is 2. The van der Waals surface area contributed by atoms with Gasteiger partial charge < -0.3 is 19.7 Å². The first kappa shape index (κ1) is 17.8. The number of rotatable bonds is 8. The first-order chi connectivity index (χ1) is 12.8. The van der Waals surface area contributed by atoms with E-state index in [4.69, 9.17) is 19.7 Å². The molecule has 0 amide bonds. The second-order valence-corrected chi connectivity index (χ2v) is 5.48. The molecule has 26 heavy (non-hydrogen) atoms. The number of hydrogen-bond acceptors (Lipinski definition) is 6. The Morgan fingerprint density at radius 2 is 1.08 bits per heavy atom. The summed E-state index contributed by atoms with van der Waals surface area (Å²) in [6.45, 7) is 0.511. The Labute approximate surface area is 151 Å². The molecule has 6 nitrogen and oxygen atoms in total. The maximum absolute atomic E-state index is 8.80. The van der Waals surface area contributed by atoms with Gasteiger partial charge in [0.15, 0.2) is 0 Å². The SMILES string of the molecule is OCCOc1ccc(-c2cncc(-c3ccc(OCCO)cc3)n2)cc1. The van der Waals surface area contributed by atoms with Crippen molar-refractivity contribution in [3.05, 3.63) is 60.9 Å². The molecule has 1 aromatic heterocycles. The van der Waals surface area contributed by atoms with Gasteiger partial charge in [-0.25, -0.2) is 4.98 Å². The number of hydrogen-bond donors (Lipinski definition) is 2. The first-order valence-electron chi connectivity index (χ1n) is 8.30. The fourth-order valence-corrected chi connectivity index (χ4v) is 2.41. The topological polar surface area (TPSA) is 84.7 Å². The smallest absolute Gasteiger partial charge is 0.119 e. The number of nitrogens with zero attached hydrogens (tertiary/aromatic N) is 2. The van der Waals surface area contributed by atoms with E-state index < -0.39 is 0 Å². The third kappa shape index (κ3) is 4.56. The van der Waals surface area contributed by atoms with Crippen LogP contribution in [0.2, 0.25) is 0 Å². The summed E-state index contributed by atoms with van der Waals surface area (Å²) < 4.78 is 10.7. The predicted octanol–water partition coefficient (Wildman–Crippen LogP) is 2.55. The zero-order chi connectivity index (χ0) is 18.2. The molecule has 6 heteroatoms. The maximum Gasteiger partial charge on any atom is 0.119 e. The second-order valence-electron chi connectivity index (χ2n) is 5.48. The van der Waals surface area contributed by atoms with E-state index in [0.717, 1.165) is 22.5 Å². The molecule has 1 heterocycles. The van der Waals surface area contributed by atoms with Gasteiger partial charge in [-0.15, -0.1) is 0 Å². The summed E-state index contributed by atoms with van der Waals surface area (Å²) in [5, 5.41) is 17.6. The summed E-state index contributed by atoms with van der Waals surface area (Å²) in [5.41, 5.74) is 3.38. The number of aliphatic hydroxyl groups is 2. The monoisotopic (exact) mass is 352 g/mol. The average molecular weight is 352 g/mol. The van der Waals surface area contributed by atoms with Crippen molar-refractivity contribution in [2.24, 2.45) is 0 Å². The normalized spacial score (nSPS) is 10.5. The molecule has 0 aliphatic rings. The highest BCUT2D eigenvalue weighted by molar-refractivity contribution is 5.65. The third-order valence-electron chi connectivity index (χ3n) is 3.65. The number of aromatic nitrogens is 2. The van der Waals surface area contributed by atoms with E-state index >= 15 is 0 Å². The lowest BCUT2D eigenvalue weighted by Gasteiger charge is -2.08. The van der Waals surface area contributed by atoms with Gasteiger partial charge in [-0.05, 0) is 48.5 Å². The van der Waals surface area contributed by atoms with Gasteiger partial charge in [0.1, 0.15) is 24.7 Å². The molecule has 134 valence electrons. The van der Waals surface area contributed by atoms with Gasteiger partial charge in [0, 0.05) is 11.1 Å². The lowest BCUT2D eigenvalue weighted by Crippen LogP contribution is -2.01. The lowest BCUT2D eigenvalue weighted by molar-refractivity contribution is 0.201. The molecule has 0 saturated carbocycles. The molecule has 0 unspecified atom stereocenters. The molecule has 3 aromatic rings. The van der Waals surface area contributed by atoms with Crippen molar-refractivity contribution >= 4 is 0 Å². The van der Waals surface area contributed by atoms with E-state index in [1.165, 1.54) is 0 Å². The van der Waals surface area contributed by atoms with Crippen LogP contribution in [0.25, 0.3) is 22.5 Å². The van der Waals surface area contributed by atoms with Crippen LogP contribution in [0.3, 0.4) is 0 Å². The summed E-state index contributed by atoms with van der Waals surface area (Å²) in [6, 6.07) is 15.0. The van der Waals surface area contributed by atoms with Gasteiger partial charge in [0.2, 0.25) is 0 Å². The van der Waals surface area contributed by atoms with Crippen molar-refractivity contribution in [1.29, 1.82) is 0 Å². The van der Waals surface area contributed by atoms with Crippen molar-refractivity contribution in [3.63, 3.8) is 0 Å². The van der Waals surface area contributed by atoms with E-state index in [9.17, 15) is 0 Å². The minimum atomic E-state index is -0.0148. The predicted molar refractivity (Wildman–Crippen MR) is 98.1 cm³/mol. The molecule has 3 rings (SSSR count). The molecular formula is C20H20N2O4. The average Bonchev–Trinajstić information content (AvgIpc) is 2.71. The zero-order valence-corrected chi connectivity index (χ0v) is 14.2. The largest absolute Gasteiger partial charge is 0.491 e. The Hall–Kier alpha value is -2.96. The number of benzene rings is 2. The zero-order valence-electron chi connectivity index (χ0n) is 14.2. The fourth-order valence-electron chi connectivity index (χ4n) is 2.41. The third-order valence-corrected chi connectivity index (χ3v) is 3.65. The van der Waals surface area contributed by atoms with Crippen LogP contribution >= 0.6 is 0 Å². The molecule has 0 aliphatic carbocycles. The molecule has 0 fully saturated rings. The number of aliphatic hydroxyl groups excluding tert-OH is 2. The van der Waals surface area contributed by atoms with E-state index in [1.54, 1.807) is 12.4 Å². The Morgan fingerprint density at radius 3 is 1.46 bits per heavy atom. The first-order valence-corrected chi connectivity index (χ1v) is 8.30. The summed E-state index contributed by atoms with van der Waals surface area (Å²) in [6.07, 6.45) is 3.43. The van der Waals surface area contributed by atoms with E-state index in [0.29, 0.717) is 11.5 Å². The van der Waals surface area contributed by atoms with Gasteiger partial charge in [-0.1, -0.05) is 0 Å². The summed E-state index contributed by atoms with van der Waals surface area (Å²) in [4.78, 5) is 8.96. The van der Waals surface area contributed by atoms with Crippen molar-refractivity contribution in [2.45, 2.75) is 0 Å². The lowest BCUT2D eigenvalue weighted by atomic mass is 10.1. The Morgan fingerprint density at radius 1 is 0.654 bits per heavy atom. The summed E-state index contributed by atoms with van der Waals surface area (Å²) in [7, 11) is 0. The molecule has 0 radical (unpaired) electrons. The quantitative estimate of drug-likeness (QED) is 0.648. The Kier molecular flexibility index (Phi) is 6.14. The summed E-state index contributed by atoms with van der Waals surface area (Å²) in [5.74, 6) is 1.40.